The summed E-state index contributed by atoms with van der Waals surface area (Å²) in [4.78, 5) is 38.9. The Balaban J connectivity index is 1.72. The number of hydrogen-bond acceptors (Lipinski definition) is 7. The van der Waals surface area contributed by atoms with E-state index in [4.69, 9.17) is 0 Å². The molecule has 1 heterocycles. The van der Waals surface area contributed by atoms with Crippen LogP contribution in [0, 0.1) is 10.1 Å². The summed E-state index contributed by atoms with van der Waals surface area (Å²) >= 11 is 2.67. The molecule has 7 nitrogen and oxygen atoms in total. The van der Waals surface area contributed by atoms with Crippen LogP contribution in [0.4, 0.5) is 11.4 Å². The summed E-state index contributed by atoms with van der Waals surface area (Å²) < 4.78 is 1.40. The van der Waals surface area contributed by atoms with Crippen molar-refractivity contribution >= 4 is 56.4 Å². The van der Waals surface area contributed by atoms with E-state index in [1.165, 1.54) is 42.2 Å². The van der Waals surface area contributed by atoms with Gasteiger partial charge in [-0.3, -0.25) is 19.7 Å². The summed E-state index contributed by atoms with van der Waals surface area (Å²) in [6.07, 6.45) is 0.595. The molecule has 1 N–H and O–H groups in total. The van der Waals surface area contributed by atoms with E-state index in [1.54, 1.807) is 30.3 Å². The summed E-state index contributed by atoms with van der Waals surface area (Å²) in [5, 5.41) is 13.4. The molecule has 0 saturated heterocycles. The highest BCUT2D eigenvalue weighted by molar-refractivity contribution is 8.02. The molecule has 9 heteroatoms. The normalized spacial score (nSPS) is 11.9. The number of anilines is 1. The second kappa shape index (κ2) is 8.49. The van der Waals surface area contributed by atoms with Gasteiger partial charge in [-0.2, -0.15) is 0 Å². The number of non-ortho nitro benzene ring substituents is 1. The van der Waals surface area contributed by atoms with Gasteiger partial charge in [0.1, 0.15) is 0 Å². The lowest BCUT2D eigenvalue weighted by Crippen LogP contribution is -2.24. The minimum atomic E-state index is -0.439. The van der Waals surface area contributed by atoms with Crippen LogP contribution in [0.5, 0.6) is 0 Å². The number of fused-ring (bicyclic) bond motifs is 1. The molecular formula is C19H17N3O4S2. The Morgan fingerprint density at radius 2 is 1.96 bits per heavy atom. The number of benzene rings is 2. The highest BCUT2D eigenvalue weighted by Crippen LogP contribution is 2.35. The number of nitrogens with one attached hydrogen (secondary N) is 1. The topological polar surface area (TPSA) is 102 Å². The first kappa shape index (κ1) is 20.0. The van der Waals surface area contributed by atoms with Crippen LogP contribution in [-0.4, -0.2) is 26.8 Å². The number of ketones is 1. The predicted octanol–water partition coefficient (Wildman–Crippen LogP) is 4.92. The smallest absolute Gasteiger partial charge is 0.270 e. The van der Waals surface area contributed by atoms with Gasteiger partial charge >= 0.3 is 0 Å². The molecule has 144 valence electrons. The Hall–Kier alpha value is -2.78. The number of rotatable bonds is 7. The SMILES string of the molecule is CCC(Sc1nc2ccc([N+](=O)[O-])cc2s1)C(=O)Nc1ccc(C(C)=O)cc1. The summed E-state index contributed by atoms with van der Waals surface area (Å²) in [6, 6.07) is 11.3. The molecule has 28 heavy (non-hydrogen) atoms. The van der Waals surface area contributed by atoms with E-state index in [9.17, 15) is 19.7 Å². The van der Waals surface area contributed by atoms with E-state index in [-0.39, 0.29) is 22.6 Å². The molecule has 0 aliphatic carbocycles. The van der Waals surface area contributed by atoms with E-state index in [0.717, 1.165) is 0 Å². The van der Waals surface area contributed by atoms with Gasteiger partial charge in [-0.05, 0) is 43.7 Å². The van der Waals surface area contributed by atoms with Crippen LogP contribution in [0.2, 0.25) is 0 Å². The lowest BCUT2D eigenvalue weighted by atomic mass is 10.1. The molecule has 0 radical (unpaired) electrons. The zero-order chi connectivity index (χ0) is 20.3. The third-order valence-corrected chi connectivity index (χ3v) is 6.50. The minimum Gasteiger partial charge on any atom is -0.325 e. The minimum absolute atomic E-state index is 0.0199. The average molecular weight is 415 g/mol. The van der Waals surface area contributed by atoms with Gasteiger partial charge in [-0.15, -0.1) is 11.3 Å². The molecule has 0 bridgehead atoms. The monoisotopic (exact) mass is 415 g/mol. The number of nitro groups is 1. The lowest BCUT2D eigenvalue weighted by molar-refractivity contribution is -0.384. The maximum absolute atomic E-state index is 12.6. The largest absolute Gasteiger partial charge is 0.325 e. The van der Waals surface area contributed by atoms with Crippen molar-refractivity contribution in [3.63, 3.8) is 0 Å². The molecule has 3 aromatic rings. The van der Waals surface area contributed by atoms with Crippen molar-refractivity contribution < 1.29 is 14.5 Å². The Morgan fingerprint density at radius 1 is 1.25 bits per heavy atom. The molecule has 3 rings (SSSR count). The van der Waals surface area contributed by atoms with Gasteiger partial charge in [0.2, 0.25) is 5.91 Å². The molecule has 1 amide bonds. The molecule has 0 aliphatic rings. The molecule has 1 atom stereocenters. The molecule has 1 unspecified atom stereocenters. The van der Waals surface area contributed by atoms with Crippen LogP contribution in [0.3, 0.4) is 0 Å². The fraction of sp³-hybridized carbons (Fsp3) is 0.211. The molecular weight excluding hydrogens is 398 g/mol. The quantitative estimate of drug-likeness (QED) is 0.254. The van der Waals surface area contributed by atoms with Crippen molar-refractivity contribution in [2.45, 2.75) is 29.9 Å². The van der Waals surface area contributed by atoms with Gasteiger partial charge in [-0.25, -0.2) is 4.98 Å². The highest BCUT2D eigenvalue weighted by atomic mass is 32.2. The number of carbonyl (C=O) groups is 2. The van der Waals surface area contributed by atoms with Crippen LogP contribution in [-0.2, 0) is 4.79 Å². The van der Waals surface area contributed by atoms with Crippen LogP contribution >= 0.6 is 23.1 Å². The molecule has 0 fully saturated rings. The second-order valence-electron chi connectivity index (χ2n) is 6.03. The number of carbonyl (C=O) groups excluding carboxylic acids is 2. The summed E-state index contributed by atoms with van der Waals surface area (Å²) in [5.41, 5.74) is 1.90. The Labute approximate surface area is 169 Å². The van der Waals surface area contributed by atoms with Gasteiger partial charge in [0.15, 0.2) is 10.1 Å². The highest BCUT2D eigenvalue weighted by Gasteiger charge is 2.21. The van der Waals surface area contributed by atoms with E-state index in [0.29, 0.717) is 32.2 Å². The number of aromatic nitrogens is 1. The van der Waals surface area contributed by atoms with E-state index in [2.05, 4.69) is 10.3 Å². The number of Topliss-reactive ketones (excluding diaryl/α,β-unsaturated/α-hetero) is 1. The first-order chi connectivity index (χ1) is 13.4. The molecule has 0 spiro atoms. The van der Waals surface area contributed by atoms with Gasteiger partial charge in [0.25, 0.3) is 5.69 Å². The van der Waals surface area contributed by atoms with Crippen LogP contribution in [0.15, 0.2) is 46.8 Å². The van der Waals surface area contributed by atoms with Crippen LogP contribution in [0.25, 0.3) is 10.2 Å². The summed E-state index contributed by atoms with van der Waals surface area (Å²) in [7, 11) is 0. The standard InChI is InChI=1S/C19H17N3O4S2/c1-3-16(18(24)20-13-6-4-12(5-7-13)11(2)23)27-19-21-15-9-8-14(22(25)26)10-17(15)28-19/h4-10,16H,3H2,1-2H3,(H,20,24). The van der Waals surface area contributed by atoms with Crippen LogP contribution in [0.1, 0.15) is 30.6 Å². The zero-order valence-electron chi connectivity index (χ0n) is 15.2. The predicted molar refractivity (Wildman–Crippen MR) is 111 cm³/mol. The average Bonchev–Trinajstić information content (AvgIpc) is 3.08. The lowest BCUT2D eigenvalue weighted by Gasteiger charge is -2.13. The van der Waals surface area contributed by atoms with E-state index >= 15 is 0 Å². The summed E-state index contributed by atoms with van der Waals surface area (Å²) in [6.45, 7) is 3.40. The molecule has 2 aromatic carbocycles. The van der Waals surface area contributed by atoms with Gasteiger partial charge in [0.05, 0.1) is 20.4 Å². The third kappa shape index (κ3) is 4.55. The molecule has 0 saturated carbocycles. The Kier molecular flexibility index (Phi) is 6.05. The van der Waals surface area contributed by atoms with Gasteiger partial charge in [0, 0.05) is 23.4 Å². The van der Waals surface area contributed by atoms with Gasteiger partial charge < -0.3 is 5.32 Å². The van der Waals surface area contributed by atoms with Crippen molar-refractivity contribution in [3.8, 4) is 0 Å². The number of thiazole rings is 1. The number of amides is 1. The van der Waals surface area contributed by atoms with Gasteiger partial charge in [-0.1, -0.05) is 18.7 Å². The summed E-state index contributed by atoms with van der Waals surface area (Å²) in [5.74, 6) is -0.191. The fourth-order valence-corrected chi connectivity index (χ4v) is 4.78. The molecule has 0 aliphatic heterocycles. The maximum Gasteiger partial charge on any atom is 0.270 e. The first-order valence-electron chi connectivity index (χ1n) is 8.51. The second-order valence-corrected chi connectivity index (χ2v) is 8.51. The van der Waals surface area contributed by atoms with Crippen molar-refractivity contribution in [1.82, 2.24) is 4.98 Å². The maximum atomic E-state index is 12.6. The van der Waals surface area contributed by atoms with Crippen molar-refractivity contribution in [2.24, 2.45) is 0 Å². The van der Waals surface area contributed by atoms with E-state index < -0.39 is 4.92 Å². The molecule has 1 aromatic heterocycles. The van der Waals surface area contributed by atoms with Crippen LogP contribution < -0.4 is 5.32 Å². The third-order valence-electron chi connectivity index (χ3n) is 4.03. The van der Waals surface area contributed by atoms with Crippen molar-refractivity contribution in [3.05, 3.63) is 58.1 Å². The first-order valence-corrected chi connectivity index (χ1v) is 10.2. The van der Waals surface area contributed by atoms with Crippen molar-refractivity contribution in [2.75, 3.05) is 5.32 Å². The Bertz CT molecular complexity index is 1050. The number of hydrogen-bond donors (Lipinski definition) is 1. The van der Waals surface area contributed by atoms with Crippen molar-refractivity contribution in [1.29, 1.82) is 0 Å². The number of nitro benzene ring substituents is 1. The zero-order valence-corrected chi connectivity index (χ0v) is 16.8. The van der Waals surface area contributed by atoms with E-state index in [1.807, 2.05) is 6.92 Å². The number of nitrogens with zero attached hydrogens (tertiary/aromatic N) is 2. The number of thioether (sulfide) groups is 1. The fourth-order valence-electron chi connectivity index (χ4n) is 2.51. The Morgan fingerprint density at radius 3 is 2.57 bits per heavy atom.